The minimum absolute atomic E-state index is 0.0152. The van der Waals surface area contributed by atoms with Crippen LogP contribution in [0.5, 0.6) is 0 Å². The van der Waals surface area contributed by atoms with Gasteiger partial charge < -0.3 is 44.4 Å². The highest BCUT2D eigenvalue weighted by atomic mass is 32.7. The topological polar surface area (TPSA) is 241 Å². The Morgan fingerprint density at radius 3 is 2.46 bits per heavy atom. The predicted octanol–water partition coefficient (Wildman–Crippen LogP) is 0.335. The van der Waals surface area contributed by atoms with Crippen LogP contribution in [0.1, 0.15) is 6.23 Å². The average Bonchev–Trinajstić information content (AvgIpc) is 3.86. The van der Waals surface area contributed by atoms with E-state index in [1.54, 1.807) is 9.13 Å². The van der Waals surface area contributed by atoms with Crippen molar-refractivity contribution in [2.75, 3.05) is 44.1 Å². The quantitative estimate of drug-likeness (QED) is 0.162. The fraction of sp³-hybridized carbons (Fsp3) is 0.565. The molecule has 4 aromatic heterocycles. The van der Waals surface area contributed by atoms with Gasteiger partial charge in [0.05, 0.1) is 45.2 Å². The van der Waals surface area contributed by atoms with E-state index in [1.165, 1.54) is 25.3 Å². The van der Waals surface area contributed by atoms with Crippen LogP contribution in [0.3, 0.4) is 0 Å². The molecule has 10 atom stereocenters. The van der Waals surface area contributed by atoms with Crippen molar-refractivity contribution in [3.05, 3.63) is 25.3 Å². The fourth-order valence-electron chi connectivity index (χ4n) is 7.11. The molecule has 5 aliphatic heterocycles. The highest BCUT2D eigenvalue weighted by Crippen LogP contribution is 2.63. The van der Waals surface area contributed by atoms with Gasteiger partial charge >= 0.3 is 6.72 Å². The summed E-state index contributed by atoms with van der Waals surface area (Å²) in [5.74, 6) is -0.193. The van der Waals surface area contributed by atoms with Gasteiger partial charge in [-0.3, -0.25) is 18.2 Å². The molecule has 0 aromatic carbocycles. The molecule has 4 aromatic rings. The molecule has 5 aliphatic rings. The van der Waals surface area contributed by atoms with E-state index in [4.69, 9.17) is 55.8 Å². The molecule has 9 rings (SSSR count). The number of hydrogen-bond acceptors (Lipinski definition) is 17. The van der Waals surface area contributed by atoms with Gasteiger partial charge in [0.15, 0.2) is 34.9 Å². The van der Waals surface area contributed by atoms with E-state index in [0.29, 0.717) is 22.3 Å². The molecule has 0 saturated carbocycles. The lowest BCUT2D eigenvalue weighted by atomic mass is 9.96. The number of anilines is 2. The van der Waals surface area contributed by atoms with Crippen LogP contribution < -0.4 is 11.5 Å². The highest BCUT2D eigenvalue weighted by molar-refractivity contribution is 8.46. The molecular weight excluding hydrogens is 686 g/mol. The van der Waals surface area contributed by atoms with Crippen molar-refractivity contribution in [1.29, 1.82) is 0 Å². The number of nitrogens with two attached hydrogens (primary N) is 2. The lowest BCUT2D eigenvalue weighted by Crippen LogP contribution is -2.46. The average molecular weight is 713 g/mol. The SMILES string of the molecule is Nc1ncnc2c1ncn2[C@@H]1O[C@@]23CO[C@@H]1[C@@H]2OP(O)(=S)OC[C@H]1O[C@]2(n4cnc5c(N)ncnc54)CO[C@H]1[C@H]2CP(=O)(S)OC3. The molecule has 5 fully saturated rings. The minimum Gasteiger partial charge on any atom is -0.382 e. The molecule has 0 radical (unpaired) electrons. The van der Waals surface area contributed by atoms with E-state index in [-0.39, 0.29) is 44.2 Å². The molecular formula is C23H26N10O9P2S2. The van der Waals surface area contributed by atoms with Crippen LogP contribution in [0, 0.1) is 5.92 Å². The maximum atomic E-state index is 14.2. The van der Waals surface area contributed by atoms with Gasteiger partial charge in [0, 0.05) is 12.1 Å². The summed E-state index contributed by atoms with van der Waals surface area (Å²) >= 11 is 10.0. The van der Waals surface area contributed by atoms with Crippen LogP contribution in [0.2, 0.25) is 0 Å². The Morgan fingerprint density at radius 1 is 0.935 bits per heavy atom. The Bertz CT molecular complexity index is 2000. The van der Waals surface area contributed by atoms with Gasteiger partial charge in [0.2, 0.25) is 0 Å². The molecule has 23 heteroatoms. The molecule has 2 unspecified atom stereocenters. The lowest BCUT2D eigenvalue weighted by molar-refractivity contribution is -0.189. The first-order chi connectivity index (χ1) is 22.0. The lowest BCUT2D eigenvalue weighted by Gasteiger charge is -2.35. The second kappa shape index (κ2) is 10.1. The van der Waals surface area contributed by atoms with Crippen molar-refractivity contribution < 1.29 is 42.0 Å². The maximum absolute atomic E-state index is 14.2. The second-order valence-electron chi connectivity index (χ2n) is 11.7. The summed E-state index contributed by atoms with van der Waals surface area (Å²) in [5, 5.41) is 0. The van der Waals surface area contributed by atoms with E-state index in [9.17, 15) is 9.46 Å². The van der Waals surface area contributed by atoms with Crippen molar-refractivity contribution in [3.8, 4) is 0 Å². The van der Waals surface area contributed by atoms with E-state index < -0.39 is 61.2 Å². The first-order valence-corrected chi connectivity index (χ1v) is 19.6. The van der Waals surface area contributed by atoms with Gasteiger partial charge in [-0.2, -0.15) is 0 Å². The normalized spacial score (nSPS) is 42.2. The van der Waals surface area contributed by atoms with Crippen LogP contribution in [-0.2, 0) is 54.6 Å². The number of aromatic nitrogens is 8. The van der Waals surface area contributed by atoms with Crippen LogP contribution in [0.25, 0.3) is 22.3 Å². The largest absolute Gasteiger partial charge is 0.382 e. The molecule has 244 valence electrons. The Labute approximate surface area is 269 Å². The zero-order valence-electron chi connectivity index (χ0n) is 23.5. The smallest absolute Gasteiger partial charge is 0.325 e. The third kappa shape index (κ3) is 4.28. The van der Waals surface area contributed by atoms with Gasteiger partial charge in [-0.15, -0.1) is 0 Å². The summed E-state index contributed by atoms with van der Waals surface area (Å²) < 4.78 is 61.0. The van der Waals surface area contributed by atoms with Gasteiger partial charge in [0.1, 0.15) is 47.6 Å². The molecule has 6 bridgehead atoms. The number of imidazole rings is 2. The summed E-state index contributed by atoms with van der Waals surface area (Å²) in [6.07, 6.45) is 1.56. The zero-order valence-corrected chi connectivity index (χ0v) is 27.0. The molecule has 0 aliphatic carbocycles. The molecule has 0 spiro atoms. The first kappa shape index (κ1) is 29.7. The summed E-state index contributed by atoms with van der Waals surface area (Å²) in [6, 6.07) is 0. The summed E-state index contributed by atoms with van der Waals surface area (Å²) in [5.41, 5.74) is 11.0. The number of fused-ring (bicyclic) bond motifs is 2. The molecule has 5 N–H and O–H groups in total. The Hall–Kier alpha value is -2.39. The van der Waals surface area contributed by atoms with Crippen molar-refractivity contribution >= 4 is 71.3 Å². The Balaban J connectivity index is 1.08. The Morgan fingerprint density at radius 2 is 1.65 bits per heavy atom. The molecule has 0 amide bonds. The van der Waals surface area contributed by atoms with Crippen molar-refractivity contribution in [3.63, 3.8) is 0 Å². The summed E-state index contributed by atoms with van der Waals surface area (Å²) in [7, 11) is 0. The summed E-state index contributed by atoms with van der Waals surface area (Å²) in [6.45, 7) is -8.10. The van der Waals surface area contributed by atoms with Crippen LogP contribution >= 0.6 is 25.5 Å². The van der Waals surface area contributed by atoms with Crippen LogP contribution in [0.4, 0.5) is 11.6 Å². The van der Waals surface area contributed by atoms with Crippen LogP contribution in [-0.4, -0.2) is 107 Å². The second-order valence-corrected chi connectivity index (χ2v) is 18.3. The number of ether oxygens (including phenoxy) is 4. The minimum atomic E-state index is -3.97. The zero-order chi connectivity index (χ0) is 31.6. The predicted molar refractivity (Wildman–Crippen MR) is 163 cm³/mol. The molecule has 19 nitrogen and oxygen atoms in total. The van der Waals surface area contributed by atoms with Crippen molar-refractivity contribution in [2.24, 2.45) is 5.92 Å². The van der Waals surface area contributed by atoms with E-state index in [2.05, 4.69) is 42.2 Å². The van der Waals surface area contributed by atoms with Gasteiger partial charge in [-0.1, -0.05) is 12.2 Å². The third-order valence-electron chi connectivity index (χ3n) is 9.17. The first-order valence-electron chi connectivity index (χ1n) is 14.1. The van der Waals surface area contributed by atoms with Gasteiger partial charge in [-0.05, 0) is 11.8 Å². The van der Waals surface area contributed by atoms with Crippen molar-refractivity contribution in [2.45, 2.75) is 42.0 Å². The standard InChI is InChI=1S/C23H26N10O9P2S2/c24-17-12-19(28-6-26-17)32(8-30-12)21-15-16-22(41-21,3-36-15)4-39-43(34,45)2-10-14-11(1-38-44(35,46)42-16)40-23(10,5-37-14)33-9-31-13-18(25)27-7-29-20(13)33/h6-11,14-16,21H,1-5H2,(H,34,45)(H,35,46)(H2,24,26,28)(H2,25,27,29)/t10-,11-,14+,15-,16+,21-,22-,23-,43?,44?/m1/s1. The van der Waals surface area contributed by atoms with Crippen LogP contribution in [0.15, 0.2) is 25.3 Å². The number of hydrogen-bond donors (Lipinski definition) is 4. The van der Waals surface area contributed by atoms with E-state index in [1.807, 2.05) is 0 Å². The number of thiol groups is 1. The number of rotatable bonds is 2. The van der Waals surface area contributed by atoms with Crippen molar-refractivity contribution in [1.82, 2.24) is 39.0 Å². The van der Waals surface area contributed by atoms with E-state index >= 15 is 0 Å². The number of nitrogen functional groups attached to an aromatic ring is 2. The van der Waals surface area contributed by atoms with Gasteiger partial charge in [0.25, 0.3) is 6.57 Å². The Kier molecular flexibility index (Phi) is 6.50. The molecule has 46 heavy (non-hydrogen) atoms. The number of nitrogens with zero attached hydrogens (tertiary/aromatic N) is 8. The van der Waals surface area contributed by atoms with E-state index in [0.717, 1.165) is 0 Å². The monoisotopic (exact) mass is 712 g/mol. The molecule has 5 saturated heterocycles. The fourth-order valence-corrected chi connectivity index (χ4v) is 10.8. The summed E-state index contributed by atoms with van der Waals surface area (Å²) in [4.78, 5) is 36.7. The third-order valence-corrected chi connectivity index (χ3v) is 12.9. The maximum Gasteiger partial charge on any atom is 0.325 e. The highest BCUT2D eigenvalue weighted by Gasteiger charge is 2.67. The van der Waals surface area contributed by atoms with Gasteiger partial charge in [-0.25, -0.2) is 29.9 Å². The molecule has 9 heterocycles.